The molecule has 5 nitrogen and oxygen atoms in total. The Hall–Kier alpha value is -2.40. The minimum Gasteiger partial charge on any atom is -0.323 e. The summed E-state index contributed by atoms with van der Waals surface area (Å²) < 4.78 is 90.0. The third-order valence-corrected chi connectivity index (χ3v) is 5.37. The van der Waals surface area contributed by atoms with Gasteiger partial charge in [0.15, 0.2) is 11.6 Å². The van der Waals surface area contributed by atoms with Crippen molar-refractivity contribution in [2.75, 3.05) is 15.9 Å². The van der Waals surface area contributed by atoms with Gasteiger partial charge in [0, 0.05) is 6.07 Å². The number of benzene rings is 2. The van der Waals surface area contributed by atoms with Crippen LogP contribution in [0.25, 0.3) is 0 Å². The Kier molecular flexibility index (Phi) is 6.43. The first-order valence-corrected chi connectivity index (χ1v) is 10.1. The van der Waals surface area contributed by atoms with Gasteiger partial charge in [0.25, 0.3) is 0 Å². The normalized spacial score (nSPS) is 13.1. The third kappa shape index (κ3) is 5.36. The van der Waals surface area contributed by atoms with Crippen molar-refractivity contribution in [1.29, 1.82) is 0 Å². The molecule has 29 heavy (non-hydrogen) atoms. The van der Waals surface area contributed by atoms with Crippen molar-refractivity contribution in [2.45, 2.75) is 19.1 Å². The van der Waals surface area contributed by atoms with E-state index in [4.69, 9.17) is 11.6 Å². The lowest BCUT2D eigenvalue weighted by Gasteiger charge is -2.28. The molecule has 0 aromatic heterocycles. The van der Waals surface area contributed by atoms with Gasteiger partial charge < -0.3 is 5.32 Å². The van der Waals surface area contributed by atoms with Crippen LogP contribution in [0.1, 0.15) is 12.5 Å². The summed E-state index contributed by atoms with van der Waals surface area (Å²) in [7, 11) is -4.16. The van der Waals surface area contributed by atoms with Gasteiger partial charge in [-0.3, -0.25) is 9.10 Å². The van der Waals surface area contributed by atoms with Crippen molar-refractivity contribution in [3.63, 3.8) is 0 Å². The van der Waals surface area contributed by atoms with Crippen molar-refractivity contribution in [3.05, 3.63) is 58.6 Å². The fourth-order valence-corrected chi connectivity index (χ4v) is 3.80. The number of nitrogens with one attached hydrogen (secondary N) is 1. The summed E-state index contributed by atoms with van der Waals surface area (Å²) in [5, 5.41) is 1.92. The van der Waals surface area contributed by atoms with Crippen LogP contribution in [0.4, 0.5) is 33.3 Å². The van der Waals surface area contributed by atoms with Crippen molar-refractivity contribution in [3.8, 4) is 0 Å². The van der Waals surface area contributed by atoms with Gasteiger partial charge in [-0.05, 0) is 37.3 Å². The zero-order valence-corrected chi connectivity index (χ0v) is 16.5. The molecule has 1 N–H and O–H groups in total. The van der Waals surface area contributed by atoms with Crippen molar-refractivity contribution in [1.82, 2.24) is 0 Å². The number of carbonyl (C=O) groups excluding carboxylic acids is 1. The smallest absolute Gasteiger partial charge is 0.323 e. The van der Waals surface area contributed by atoms with Crippen LogP contribution in [0, 0.1) is 11.6 Å². The third-order valence-electron chi connectivity index (χ3n) is 3.80. The van der Waals surface area contributed by atoms with E-state index in [1.165, 1.54) is 0 Å². The van der Waals surface area contributed by atoms with E-state index < -0.39 is 51.0 Å². The number of carbonyl (C=O) groups is 1. The molecule has 0 aliphatic rings. The first kappa shape index (κ1) is 22.9. The van der Waals surface area contributed by atoms with Crippen molar-refractivity contribution < 1.29 is 35.2 Å². The van der Waals surface area contributed by atoms with Crippen molar-refractivity contribution >= 4 is 38.9 Å². The predicted molar refractivity (Wildman–Crippen MR) is 98.2 cm³/mol. The highest BCUT2D eigenvalue weighted by atomic mass is 35.5. The Morgan fingerprint density at radius 3 is 2.24 bits per heavy atom. The minimum absolute atomic E-state index is 0.211. The van der Waals surface area contributed by atoms with Crippen LogP contribution < -0.4 is 9.62 Å². The maximum absolute atomic E-state index is 13.5. The summed E-state index contributed by atoms with van der Waals surface area (Å²) in [6.45, 7) is 1.12. The molecule has 0 spiro atoms. The van der Waals surface area contributed by atoms with Crippen LogP contribution >= 0.6 is 11.6 Å². The molecule has 0 heterocycles. The number of amides is 1. The molecule has 1 atom stereocenters. The maximum Gasteiger partial charge on any atom is 0.416 e. The van der Waals surface area contributed by atoms with Gasteiger partial charge in [-0.15, -0.1) is 0 Å². The van der Waals surface area contributed by atoms with Crippen LogP contribution in [-0.2, 0) is 21.0 Å². The Labute approximate surface area is 168 Å². The van der Waals surface area contributed by atoms with E-state index >= 15 is 0 Å². The lowest BCUT2D eigenvalue weighted by Crippen LogP contribution is -2.45. The van der Waals surface area contributed by atoms with E-state index in [1.807, 2.05) is 0 Å². The number of nitrogens with zero attached hydrogens (tertiary/aromatic N) is 1. The van der Waals surface area contributed by atoms with Gasteiger partial charge in [0.05, 0.1) is 28.2 Å². The maximum atomic E-state index is 13.5. The molecule has 0 saturated carbocycles. The highest BCUT2D eigenvalue weighted by molar-refractivity contribution is 7.92. The first-order chi connectivity index (χ1) is 13.2. The summed E-state index contributed by atoms with van der Waals surface area (Å²) in [6.07, 6.45) is -3.96. The van der Waals surface area contributed by atoms with E-state index in [0.717, 1.165) is 25.3 Å². The molecular formula is C17H14ClF5N2O3S. The summed E-state index contributed by atoms with van der Waals surface area (Å²) >= 11 is 5.81. The molecule has 0 fully saturated rings. The van der Waals surface area contributed by atoms with Gasteiger partial charge in [-0.1, -0.05) is 11.6 Å². The van der Waals surface area contributed by atoms with Gasteiger partial charge in [0.2, 0.25) is 15.9 Å². The number of rotatable bonds is 5. The average Bonchev–Trinajstić information content (AvgIpc) is 2.57. The molecule has 2 rings (SSSR count). The lowest BCUT2D eigenvalue weighted by molar-refractivity contribution is -0.137. The SMILES string of the molecule is CC(C(=O)Nc1cc(C(F)(F)F)ccc1Cl)N(c1ccc(F)c(F)c1)S(C)(=O)=O. The molecule has 2 aromatic carbocycles. The van der Waals surface area contributed by atoms with Crippen molar-refractivity contribution in [2.24, 2.45) is 0 Å². The number of halogens is 6. The Balaban J connectivity index is 2.39. The number of anilines is 2. The second-order valence-electron chi connectivity index (χ2n) is 6.01. The standard InChI is InChI=1S/C17H14ClF5N2O3S/c1-9(25(29(2,27)28)11-4-6-13(19)14(20)8-11)16(26)24-15-7-10(17(21,22)23)3-5-12(15)18/h3-9H,1-2H3,(H,24,26). The molecule has 0 aliphatic carbocycles. The van der Waals surface area contributed by atoms with Crippen LogP contribution in [0.15, 0.2) is 36.4 Å². The predicted octanol–water partition coefficient (Wildman–Crippen LogP) is 4.43. The van der Waals surface area contributed by atoms with Gasteiger partial charge in [-0.2, -0.15) is 13.2 Å². The quantitative estimate of drug-likeness (QED) is 0.677. The Bertz CT molecular complexity index is 1040. The molecule has 2 aromatic rings. The summed E-state index contributed by atoms with van der Waals surface area (Å²) in [5.41, 5.74) is -1.81. The highest BCUT2D eigenvalue weighted by Gasteiger charge is 2.33. The lowest BCUT2D eigenvalue weighted by atomic mass is 10.2. The molecule has 0 radical (unpaired) electrons. The van der Waals surface area contributed by atoms with E-state index in [1.54, 1.807) is 0 Å². The summed E-state index contributed by atoms with van der Waals surface area (Å²) in [5.74, 6) is -3.61. The first-order valence-electron chi connectivity index (χ1n) is 7.84. The second kappa shape index (κ2) is 8.15. The second-order valence-corrected chi connectivity index (χ2v) is 8.28. The van der Waals surface area contributed by atoms with Crippen LogP contribution in [0.5, 0.6) is 0 Å². The molecule has 12 heteroatoms. The zero-order chi connectivity index (χ0) is 22.1. The molecule has 0 aliphatic heterocycles. The molecule has 1 amide bonds. The zero-order valence-electron chi connectivity index (χ0n) is 14.9. The van der Waals surface area contributed by atoms with Crippen LogP contribution in [0.3, 0.4) is 0 Å². The number of alkyl halides is 3. The van der Waals surface area contributed by atoms with E-state index in [0.29, 0.717) is 28.6 Å². The number of hydrogen-bond donors (Lipinski definition) is 1. The van der Waals surface area contributed by atoms with Crippen LogP contribution in [-0.4, -0.2) is 26.6 Å². The Morgan fingerprint density at radius 1 is 1.10 bits per heavy atom. The number of sulfonamides is 1. The Morgan fingerprint density at radius 2 is 1.72 bits per heavy atom. The molecule has 158 valence electrons. The number of hydrogen-bond acceptors (Lipinski definition) is 3. The molecule has 0 bridgehead atoms. The highest BCUT2D eigenvalue weighted by Crippen LogP contribution is 2.34. The summed E-state index contributed by atoms with van der Waals surface area (Å²) in [4.78, 5) is 12.5. The summed E-state index contributed by atoms with van der Waals surface area (Å²) in [6, 6.07) is 2.91. The molecule has 0 saturated heterocycles. The largest absolute Gasteiger partial charge is 0.416 e. The van der Waals surface area contributed by atoms with Crippen LogP contribution in [0.2, 0.25) is 5.02 Å². The van der Waals surface area contributed by atoms with E-state index in [2.05, 4.69) is 5.32 Å². The molecule has 1 unspecified atom stereocenters. The van der Waals surface area contributed by atoms with Gasteiger partial charge in [0.1, 0.15) is 6.04 Å². The minimum atomic E-state index is -4.69. The fourth-order valence-electron chi connectivity index (χ4n) is 2.47. The van der Waals surface area contributed by atoms with Gasteiger partial charge in [-0.25, -0.2) is 17.2 Å². The average molecular weight is 457 g/mol. The van der Waals surface area contributed by atoms with E-state index in [9.17, 15) is 35.2 Å². The monoisotopic (exact) mass is 456 g/mol. The van der Waals surface area contributed by atoms with E-state index in [-0.39, 0.29) is 10.7 Å². The van der Waals surface area contributed by atoms with Gasteiger partial charge >= 0.3 is 6.18 Å². The topological polar surface area (TPSA) is 66.5 Å². The molecular weight excluding hydrogens is 443 g/mol. The fraction of sp³-hybridized carbons (Fsp3) is 0.235.